The number of hydrogen-bond donors (Lipinski definition) is 0. The molecular weight excluding hydrogens is 392 g/mol. The van der Waals surface area contributed by atoms with Gasteiger partial charge in [-0.1, -0.05) is 6.92 Å². The van der Waals surface area contributed by atoms with E-state index < -0.39 is 0 Å². The van der Waals surface area contributed by atoms with Crippen molar-refractivity contribution >= 4 is 16.9 Å². The standard InChI is InChI=1S/C25H34N2O4/c1-6-16-13-24(29)31-22-8-15(2)7-21(25(16)22)30-14-23(28)27(5)20-11-17-9-19(26(3)4)10-18(17)12-20/h7-8,13,17-20H,6,9-12,14H2,1-5H3/t17-,18+,19?,20?. The smallest absolute Gasteiger partial charge is 0.336 e. The maximum Gasteiger partial charge on any atom is 0.336 e. The van der Waals surface area contributed by atoms with Crippen LogP contribution in [0.3, 0.4) is 0 Å². The Hall–Kier alpha value is -2.34. The molecule has 2 aliphatic rings. The van der Waals surface area contributed by atoms with Crippen LogP contribution in [0, 0.1) is 18.8 Å². The second-order valence-corrected chi connectivity index (χ2v) is 9.61. The molecule has 0 bridgehead atoms. The van der Waals surface area contributed by atoms with Crippen LogP contribution in [-0.2, 0) is 11.2 Å². The summed E-state index contributed by atoms with van der Waals surface area (Å²) < 4.78 is 11.4. The number of aryl methyl sites for hydroxylation is 2. The number of carbonyl (C=O) groups excluding carboxylic acids is 1. The molecule has 1 amide bonds. The molecule has 0 radical (unpaired) electrons. The molecule has 1 aromatic carbocycles. The summed E-state index contributed by atoms with van der Waals surface area (Å²) in [7, 11) is 6.24. The zero-order chi connectivity index (χ0) is 22.3. The minimum absolute atomic E-state index is 0.000721. The van der Waals surface area contributed by atoms with E-state index >= 15 is 0 Å². The Bertz CT molecular complexity index is 1010. The van der Waals surface area contributed by atoms with Crippen molar-refractivity contribution < 1.29 is 13.9 Å². The number of amides is 1. The third kappa shape index (κ3) is 4.36. The molecule has 6 heteroatoms. The summed E-state index contributed by atoms with van der Waals surface area (Å²) in [5.74, 6) is 2.06. The maximum absolute atomic E-state index is 12.9. The Morgan fingerprint density at radius 3 is 2.32 bits per heavy atom. The summed E-state index contributed by atoms with van der Waals surface area (Å²) in [6.45, 7) is 3.91. The number of benzene rings is 1. The third-order valence-corrected chi connectivity index (χ3v) is 7.40. The van der Waals surface area contributed by atoms with Gasteiger partial charge in [0.1, 0.15) is 11.3 Å². The number of rotatable bonds is 6. The highest BCUT2D eigenvalue weighted by Crippen LogP contribution is 2.46. The van der Waals surface area contributed by atoms with Crippen molar-refractivity contribution in [1.29, 1.82) is 0 Å². The van der Waals surface area contributed by atoms with Crippen molar-refractivity contribution in [2.24, 2.45) is 11.8 Å². The number of carbonyl (C=O) groups is 1. The molecule has 0 N–H and O–H groups in total. The van der Waals surface area contributed by atoms with Gasteiger partial charge in [-0.3, -0.25) is 4.79 Å². The molecule has 0 spiro atoms. The summed E-state index contributed by atoms with van der Waals surface area (Å²) >= 11 is 0. The van der Waals surface area contributed by atoms with Crippen LogP contribution in [0.2, 0.25) is 0 Å². The topological polar surface area (TPSA) is 63.0 Å². The second kappa shape index (κ2) is 8.65. The van der Waals surface area contributed by atoms with Gasteiger partial charge in [0, 0.05) is 25.2 Å². The van der Waals surface area contributed by atoms with Gasteiger partial charge < -0.3 is 19.0 Å². The molecule has 0 aliphatic heterocycles. The first-order valence-electron chi connectivity index (χ1n) is 11.4. The van der Waals surface area contributed by atoms with Crippen molar-refractivity contribution in [3.63, 3.8) is 0 Å². The van der Waals surface area contributed by atoms with Crippen LogP contribution in [0.15, 0.2) is 27.4 Å². The van der Waals surface area contributed by atoms with Gasteiger partial charge in [0.2, 0.25) is 0 Å². The number of likely N-dealkylation sites (N-methyl/N-ethyl adjacent to an activating group) is 1. The zero-order valence-electron chi connectivity index (χ0n) is 19.3. The number of ether oxygens (including phenoxy) is 1. The SMILES string of the molecule is CCc1cc(=O)oc2cc(C)cc(OCC(=O)N(C)C3C[C@H]4CC(N(C)C)C[C@H]4C3)c12. The lowest BCUT2D eigenvalue weighted by Crippen LogP contribution is -2.39. The molecular formula is C25H34N2O4. The quantitative estimate of drug-likeness (QED) is 0.660. The van der Waals surface area contributed by atoms with Crippen LogP contribution < -0.4 is 10.4 Å². The van der Waals surface area contributed by atoms with Gasteiger partial charge >= 0.3 is 5.63 Å². The molecule has 0 saturated heterocycles. The second-order valence-electron chi connectivity index (χ2n) is 9.61. The number of hydrogen-bond acceptors (Lipinski definition) is 5. The molecule has 4 atom stereocenters. The fourth-order valence-electron chi connectivity index (χ4n) is 5.60. The lowest BCUT2D eigenvalue weighted by atomic mass is 10.0. The summed E-state index contributed by atoms with van der Waals surface area (Å²) in [6, 6.07) is 6.25. The van der Waals surface area contributed by atoms with Gasteiger partial charge in [0.05, 0.1) is 5.39 Å². The van der Waals surface area contributed by atoms with Gasteiger partial charge in [0.25, 0.3) is 5.91 Å². The molecule has 2 aromatic rings. The van der Waals surface area contributed by atoms with Crippen LogP contribution in [0.1, 0.15) is 43.7 Å². The van der Waals surface area contributed by atoms with Crippen LogP contribution in [-0.4, -0.2) is 55.5 Å². The summed E-state index contributed by atoms with van der Waals surface area (Å²) in [5.41, 5.74) is 1.96. The first kappa shape index (κ1) is 21.9. The van der Waals surface area contributed by atoms with E-state index in [0.29, 0.717) is 29.8 Å². The first-order valence-corrected chi connectivity index (χ1v) is 11.4. The minimum atomic E-state index is -0.361. The van der Waals surface area contributed by atoms with Gasteiger partial charge in [-0.15, -0.1) is 0 Å². The van der Waals surface area contributed by atoms with E-state index in [1.54, 1.807) is 0 Å². The predicted molar refractivity (Wildman–Crippen MR) is 122 cm³/mol. The highest BCUT2D eigenvalue weighted by atomic mass is 16.5. The fourth-order valence-corrected chi connectivity index (χ4v) is 5.60. The molecule has 6 nitrogen and oxygen atoms in total. The van der Waals surface area contributed by atoms with E-state index in [9.17, 15) is 9.59 Å². The van der Waals surface area contributed by atoms with E-state index in [-0.39, 0.29) is 18.1 Å². The number of fused-ring (bicyclic) bond motifs is 2. The molecule has 1 heterocycles. The van der Waals surface area contributed by atoms with E-state index in [1.165, 1.54) is 18.9 Å². The van der Waals surface area contributed by atoms with Gasteiger partial charge in [0.15, 0.2) is 6.61 Å². The normalized spacial score (nSPS) is 25.2. The fraction of sp³-hybridized carbons (Fsp3) is 0.600. The van der Waals surface area contributed by atoms with Crippen LogP contribution in [0.25, 0.3) is 11.0 Å². The highest BCUT2D eigenvalue weighted by Gasteiger charge is 2.44. The average molecular weight is 427 g/mol. The molecule has 2 fully saturated rings. The van der Waals surface area contributed by atoms with Crippen LogP contribution in [0.4, 0.5) is 0 Å². The molecule has 1 aromatic heterocycles. The van der Waals surface area contributed by atoms with Crippen molar-refractivity contribution in [3.8, 4) is 5.75 Å². The Labute approximate surface area is 184 Å². The largest absolute Gasteiger partial charge is 0.483 e. The van der Waals surface area contributed by atoms with Crippen molar-refractivity contribution in [1.82, 2.24) is 9.80 Å². The zero-order valence-corrected chi connectivity index (χ0v) is 19.3. The van der Waals surface area contributed by atoms with Crippen molar-refractivity contribution in [2.75, 3.05) is 27.7 Å². The predicted octanol–water partition coefficient (Wildman–Crippen LogP) is 3.62. The van der Waals surface area contributed by atoms with E-state index in [4.69, 9.17) is 9.15 Å². The molecule has 168 valence electrons. The first-order chi connectivity index (χ1) is 14.8. The molecule has 2 unspecified atom stereocenters. The van der Waals surface area contributed by atoms with Gasteiger partial charge in [-0.2, -0.15) is 0 Å². The van der Waals surface area contributed by atoms with Gasteiger partial charge in [-0.05, 0) is 88.2 Å². The van der Waals surface area contributed by atoms with E-state index in [2.05, 4.69) is 19.0 Å². The lowest BCUT2D eigenvalue weighted by Gasteiger charge is -2.27. The van der Waals surface area contributed by atoms with Crippen LogP contribution in [0.5, 0.6) is 5.75 Å². The molecule has 31 heavy (non-hydrogen) atoms. The number of nitrogens with zero attached hydrogens (tertiary/aromatic N) is 2. The monoisotopic (exact) mass is 426 g/mol. The Kier molecular flexibility index (Phi) is 6.11. The van der Waals surface area contributed by atoms with E-state index in [0.717, 1.165) is 41.2 Å². The Morgan fingerprint density at radius 2 is 1.71 bits per heavy atom. The van der Waals surface area contributed by atoms with Crippen molar-refractivity contribution in [2.45, 2.75) is 58.0 Å². The average Bonchev–Trinajstić information content (AvgIpc) is 3.29. The molecule has 2 saturated carbocycles. The minimum Gasteiger partial charge on any atom is -0.483 e. The molecule has 4 rings (SSSR count). The summed E-state index contributed by atoms with van der Waals surface area (Å²) in [4.78, 5) is 29.0. The van der Waals surface area contributed by atoms with Crippen LogP contribution >= 0.6 is 0 Å². The Balaban J connectivity index is 1.44. The van der Waals surface area contributed by atoms with Gasteiger partial charge in [-0.25, -0.2) is 4.79 Å². The summed E-state index contributed by atoms with van der Waals surface area (Å²) in [6.07, 6.45) is 5.36. The lowest BCUT2D eigenvalue weighted by molar-refractivity contribution is -0.134. The third-order valence-electron chi connectivity index (χ3n) is 7.40. The Morgan fingerprint density at radius 1 is 1.06 bits per heavy atom. The van der Waals surface area contributed by atoms with E-state index in [1.807, 2.05) is 37.9 Å². The summed E-state index contributed by atoms with van der Waals surface area (Å²) in [5, 5.41) is 0.785. The highest BCUT2D eigenvalue weighted by molar-refractivity contribution is 5.88. The maximum atomic E-state index is 12.9. The molecule has 2 aliphatic carbocycles. The van der Waals surface area contributed by atoms with Crippen molar-refractivity contribution in [3.05, 3.63) is 39.7 Å².